The summed E-state index contributed by atoms with van der Waals surface area (Å²) in [4.78, 5) is 14.7. The number of nitrogens with zero attached hydrogens (tertiary/aromatic N) is 1. The second kappa shape index (κ2) is 6.89. The maximum Gasteiger partial charge on any atom is 0.227 e. The van der Waals surface area contributed by atoms with Crippen molar-refractivity contribution >= 4 is 5.91 Å². The lowest BCUT2D eigenvalue weighted by molar-refractivity contribution is -0.136. The first kappa shape index (κ1) is 15.0. The highest BCUT2D eigenvalue weighted by atomic mass is 16.2. The monoisotopic (exact) mass is 274 g/mol. The molecule has 2 atom stereocenters. The quantitative estimate of drug-likeness (QED) is 0.895. The molecule has 1 saturated heterocycles. The number of hydrogen-bond acceptors (Lipinski definition) is 2. The van der Waals surface area contributed by atoms with E-state index in [4.69, 9.17) is 0 Å². The molecule has 1 aliphatic heterocycles. The zero-order chi connectivity index (χ0) is 14.5. The third-order valence-corrected chi connectivity index (χ3v) is 4.13. The second-order valence-electron chi connectivity index (χ2n) is 5.99. The predicted octanol–water partition coefficient (Wildman–Crippen LogP) is 2.59. The van der Waals surface area contributed by atoms with Crippen molar-refractivity contribution in [2.24, 2.45) is 11.8 Å². The Morgan fingerprint density at radius 3 is 2.55 bits per heavy atom. The van der Waals surface area contributed by atoms with Gasteiger partial charge in [0.1, 0.15) is 0 Å². The van der Waals surface area contributed by atoms with Gasteiger partial charge in [-0.15, -0.1) is 0 Å². The van der Waals surface area contributed by atoms with Crippen LogP contribution in [0.5, 0.6) is 0 Å². The van der Waals surface area contributed by atoms with Crippen LogP contribution in [0, 0.1) is 18.8 Å². The molecule has 1 N–H and O–H groups in total. The predicted molar refractivity (Wildman–Crippen MR) is 82.4 cm³/mol. The molecule has 2 rings (SSSR count). The molecule has 0 radical (unpaired) electrons. The van der Waals surface area contributed by atoms with E-state index >= 15 is 0 Å². The third kappa shape index (κ3) is 3.60. The lowest BCUT2D eigenvalue weighted by Crippen LogP contribution is -2.38. The van der Waals surface area contributed by atoms with E-state index in [-0.39, 0.29) is 5.92 Å². The molecule has 1 aliphatic rings. The summed E-state index contributed by atoms with van der Waals surface area (Å²) in [5.41, 5.74) is 2.48. The zero-order valence-corrected chi connectivity index (χ0v) is 12.9. The fraction of sp³-hybridized carbons (Fsp3) is 0.588. The minimum absolute atomic E-state index is 0.145. The van der Waals surface area contributed by atoms with Crippen LogP contribution in [0.4, 0.5) is 0 Å². The molecule has 1 heterocycles. The minimum Gasteiger partial charge on any atom is -0.338 e. The lowest BCUT2D eigenvalue weighted by Gasteiger charge is -2.27. The zero-order valence-electron chi connectivity index (χ0n) is 12.9. The van der Waals surface area contributed by atoms with Gasteiger partial charge in [-0.3, -0.25) is 4.79 Å². The molecule has 0 saturated carbocycles. The average molecular weight is 274 g/mol. The Balaban J connectivity index is 2.06. The van der Waals surface area contributed by atoms with Gasteiger partial charge in [-0.2, -0.15) is 0 Å². The van der Waals surface area contributed by atoms with E-state index in [1.165, 1.54) is 11.1 Å². The van der Waals surface area contributed by atoms with E-state index in [0.29, 0.717) is 11.8 Å². The van der Waals surface area contributed by atoms with Crippen molar-refractivity contribution in [3.63, 3.8) is 0 Å². The number of rotatable bonds is 5. The molecule has 1 amide bonds. The summed E-state index contributed by atoms with van der Waals surface area (Å²) in [5, 5.41) is 3.32. The Morgan fingerprint density at radius 2 is 2.00 bits per heavy atom. The van der Waals surface area contributed by atoms with Crippen molar-refractivity contribution in [1.82, 2.24) is 10.2 Å². The van der Waals surface area contributed by atoms with Crippen LogP contribution in [-0.2, 0) is 11.3 Å². The Labute approximate surface area is 122 Å². The van der Waals surface area contributed by atoms with Crippen LogP contribution >= 0.6 is 0 Å². The maximum atomic E-state index is 12.7. The molecular formula is C17H26N2O. The van der Waals surface area contributed by atoms with Gasteiger partial charge < -0.3 is 10.2 Å². The number of carbonyl (C=O) groups is 1. The second-order valence-corrected chi connectivity index (χ2v) is 5.99. The van der Waals surface area contributed by atoms with Crippen molar-refractivity contribution < 1.29 is 4.79 Å². The Kier molecular flexibility index (Phi) is 5.18. The molecule has 20 heavy (non-hydrogen) atoms. The smallest absolute Gasteiger partial charge is 0.227 e. The molecule has 0 aliphatic carbocycles. The molecule has 1 fully saturated rings. The van der Waals surface area contributed by atoms with Crippen LogP contribution < -0.4 is 5.32 Å². The third-order valence-electron chi connectivity index (χ3n) is 4.13. The topological polar surface area (TPSA) is 32.3 Å². The molecule has 0 bridgehead atoms. The number of benzene rings is 1. The summed E-state index contributed by atoms with van der Waals surface area (Å²) >= 11 is 0. The number of aryl methyl sites for hydroxylation is 1. The van der Waals surface area contributed by atoms with Crippen LogP contribution in [0.25, 0.3) is 0 Å². The SMILES string of the molecule is CCCN(Cc1ccc(C)cc1)C(=O)C1CNCC1C. The average Bonchev–Trinajstić information content (AvgIpc) is 2.86. The Bertz CT molecular complexity index is 441. The molecule has 3 nitrogen and oxygen atoms in total. The fourth-order valence-electron chi connectivity index (χ4n) is 2.83. The van der Waals surface area contributed by atoms with E-state index in [1.54, 1.807) is 0 Å². The normalized spacial score (nSPS) is 21.9. The molecular weight excluding hydrogens is 248 g/mol. The van der Waals surface area contributed by atoms with Crippen molar-refractivity contribution in [2.45, 2.75) is 33.7 Å². The molecule has 0 aromatic heterocycles. The first-order valence-electron chi connectivity index (χ1n) is 7.67. The maximum absolute atomic E-state index is 12.7. The minimum atomic E-state index is 0.145. The standard InChI is InChI=1S/C17H26N2O/c1-4-9-19(12-15-7-5-13(2)6-8-15)17(20)16-11-18-10-14(16)3/h5-8,14,16,18H,4,9-12H2,1-3H3. The summed E-state index contributed by atoms with van der Waals surface area (Å²) in [7, 11) is 0. The molecule has 1 aromatic carbocycles. The summed E-state index contributed by atoms with van der Waals surface area (Å²) in [6.45, 7) is 9.75. The van der Waals surface area contributed by atoms with Gasteiger partial charge in [-0.05, 0) is 31.4 Å². The van der Waals surface area contributed by atoms with Gasteiger partial charge in [0, 0.05) is 19.6 Å². The van der Waals surface area contributed by atoms with Crippen molar-refractivity contribution in [3.05, 3.63) is 35.4 Å². The van der Waals surface area contributed by atoms with Gasteiger partial charge >= 0.3 is 0 Å². The van der Waals surface area contributed by atoms with E-state index in [0.717, 1.165) is 32.6 Å². The van der Waals surface area contributed by atoms with Crippen molar-refractivity contribution in [2.75, 3.05) is 19.6 Å². The number of hydrogen-bond donors (Lipinski definition) is 1. The van der Waals surface area contributed by atoms with Crippen LogP contribution in [0.1, 0.15) is 31.4 Å². The number of nitrogens with one attached hydrogen (secondary N) is 1. The Morgan fingerprint density at radius 1 is 1.30 bits per heavy atom. The van der Waals surface area contributed by atoms with Crippen molar-refractivity contribution in [1.29, 1.82) is 0 Å². The van der Waals surface area contributed by atoms with Gasteiger partial charge in [-0.25, -0.2) is 0 Å². The van der Waals surface area contributed by atoms with E-state index in [1.807, 2.05) is 4.90 Å². The van der Waals surface area contributed by atoms with Crippen LogP contribution in [0.15, 0.2) is 24.3 Å². The summed E-state index contributed by atoms with van der Waals surface area (Å²) in [6.07, 6.45) is 1.01. The highest BCUT2D eigenvalue weighted by Gasteiger charge is 2.32. The van der Waals surface area contributed by atoms with Crippen LogP contribution in [0.2, 0.25) is 0 Å². The van der Waals surface area contributed by atoms with Gasteiger partial charge in [-0.1, -0.05) is 43.7 Å². The molecule has 1 aromatic rings. The summed E-state index contributed by atoms with van der Waals surface area (Å²) in [5.74, 6) is 0.900. The van der Waals surface area contributed by atoms with Gasteiger partial charge in [0.15, 0.2) is 0 Å². The van der Waals surface area contributed by atoms with Crippen LogP contribution in [0.3, 0.4) is 0 Å². The van der Waals surface area contributed by atoms with Gasteiger partial charge in [0.05, 0.1) is 5.92 Å². The fourth-order valence-corrected chi connectivity index (χ4v) is 2.83. The largest absolute Gasteiger partial charge is 0.338 e. The summed E-state index contributed by atoms with van der Waals surface area (Å²) < 4.78 is 0. The Hall–Kier alpha value is -1.35. The molecule has 0 spiro atoms. The number of carbonyl (C=O) groups excluding carboxylic acids is 1. The van der Waals surface area contributed by atoms with E-state index in [9.17, 15) is 4.79 Å². The van der Waals surface area contributed by atoms with Gasteiger partial charge in [0.25, 0.3) is 0 Å². The number of amides is 1. The highest BCUT2D eigenvalue weighted by molar-refractivity contribution is 5.79. The molecule has 2 unspecified atom stereocenters. The summed E-state index contributed by atoms with van der Waals surface area (Å²) in [6, 6.07) is 8.48. The molecule has 3 heteroatoms. The first-order valence-corrected chi connectivity index (χ1v) is 7.67. The van der Waals surface area contributed by atoms with Gasteiger partial charge in [0.2, 0.25) is 5.91 Å². The first-order chi connectivity index (χ1) is 9.61. The van der Waals surface area contributed by atoms with E-state index < -0.39 is 0 Å². The highest BCUT2D eigenvalue weighted by Crippen LogP contribution is 2.20. The lowest BCUT2D eigenvalue weighted by atomic mass is 9.96. The van der Waals surface area contributed by atoms with Crippen LogP contribution in [-0.4, -0.2) is 30.4 Å². The molecule has 110 valence electrons. The van der Waals surface area contributed by atoms with Crippen molar-refractivity contribution in [3.8, 4) is 0 Å². The van der Waals surface area contributed by atoms with E-state index in [2.05, 4.69) is 50.4 Å².